The lowest BCUT2D eigenvalue weighted by molar-refractivity contribution is 0.0826. The van der Waals surface area contributed by atoms with Gasteiger partial charge in [0.1, 0.15) is 17.2 Å². The van der Waals surface area contributed by atoms with E-state index in [9.17, 15) is 5.11 Å². The lowest BCUT2D eigenvalue weighted by atomic mass is 9.90. The second-order valence-corrected chi connectivity index (χ2v) is 5.51. The normalized spacial score (nSPS) is 17.5. The van der Waals surface area contributed by atoms with Crippen LogP contribution in [0.3, 0.4) is 0 Å². The van der Waals surface area contributed by atoms with E-state index < -0.39 is 12.1 Å². The highest BCUT2D eigenvalue weighted by atomic mass is 35.5. The highest BCUT2D eigenvalue weighted by molar-refractivity contribution is 5.85. The topological polar surface area (TPSA) is 73.9 Å². The average Bonchev–Trinajstić information content (AvgIpc) is 3.06. The molecule has 2 rings (SSSR count). The van der Waals surface area contributed by atoms with Crippen molar-refractivity contribution >= 4 is 12.4 Å². The van der Waals surface area contributed by atoms with Gasteiger partial charge in [-0.1, -0.05) is 12.8 Å². The maximum atomic E-state index is 10.6. The number of benzene rings is 1. The zero-order chi connectivity index (χ0) is 15.4. The van der Waals surface area contributed by atoms with E-state index in [-0.39, 0.29) is 18.3 Å². The molecule has 2 atom stereocenters. The fourth-order valence-electron chi connectivity index (χ4n) is 3.12. The van der Waals surface area contributed by atoms with Gasteiger partial charge < -0.3 is 25.1 Å². The van der Waals surface area contributed by atoms with E-state index >= 15 is 0 Å². The molecule has 6 heteroatoms. The number of aliphatic hydroxyl groups excluding tert-OH is 1. The first-order valence-corrected chi connectivity index (χ1v) is 7.36. The van der Waals surface area contributed by atoms with E-state index in [4.69, 9.17) is 19.9 Å². The summed E-state index contributed by atoms with van der Waals surface area (Å²) in [5, 5.41) is 10.6. The predicted octanol–water partition coefficient (Wildman–Crippen LogP) is 2.69. The molecule has 1 aromatic carbocycles. The van der Waals surface area contributed by atoms with Crippen LogP contribution >= 0.6 is 12.4 Å². The molecular weight excluding hydrogens is 306 g/mol. The van der Waals surface area contributed by atoms with Crippen LogP contribution in [0.4, 0.5) is 0 Å². The van der Waals surface area contributed by atoms with E-state index in [1.165, 1.54) is 0 Å². The molecular formula is C16H26ClNO4. The van der Waals surface area contributed by atoms with Crippen molar-refractivity contribution in [3.63, 3.8) is 0 Å². The molecule has 0 radical (unpaired) electrons. The molecule has 0 unspecified atom stereocenters. The zero-order valence-electron chi connectivity index (χ0n) is 13.4. The van der Waals surface area contributed by atoms with Gasteiger partial charge in [0.25, 0.3) is 0 Å². The summed E-state index contributed by atoms with van der Waals surface area (Å²) < 4.78 is 16.1. The maximum Gasteiger partial charge on any atom is 0.131 e. The molecule has 1 aromatic rings. The molecule has 1 aliphatic carbocycles. The lowest BCUT2D eigenvalue weighted by Gasteiger charge is -2.27. The van der Waals surface area contributed by atoms with E-state index in [1.807, 2.05) is 0 Å². The second-order valence-electron chi connectivity index (χ2n) is 5.51. The molecule has 1 aliphatic rings. The molecule has 0 aliphatic heterocycles. The van der Waals surface area contributed by atoms with Crippen molar-refractivity contribution in [3.8, 4) is 17.2 Å². The maximum absolute atomic E-state index is 10.6. The van der Waals surface area contributed by atoms with Gasteiger partial charge >= 0.3 is 0 Å². The summed E-state index contributed by atoms with van der Waals surface area (Å²) in [6.07, 6.45) is 3.77. The van der Waals surface area contributed by atoms with Gasteiger partial charge in [0.15, 0.2) is 0 Å². The van der Waals surface area contributed by atoms with Gasteiger partial charge in [-0.15, -0.1) is 12.4 Å². The Morgan fingerprint density at radius 2 is 1.55 bits per heavy atom. The minimum atomic E-state index is -0.594. The van der Waals surface area contributed by atoms with Crippen molar-refractivity contribution in [2.45, 2.75) is 37.8 Å². The average molecular weight is 332 g/mol. The highest BCUT2D eigenvalue weighted by Crippen LogP contribution is 2.41. The van der Waals surface area contributed by atoms with Crippen molar-refractivity contribution in [1.82, 2.24) is 0 Å². The number of nitrogens with two attached hydrogens (primary N) is 1. The summed E-state index contributed by atoms with van der Waals surface area (Å²) in [6, 6.07) is 2.99. The number of hydrogen-bond acceptors (Lipinski definition) is 5. The third-order valence-corrected chi connectivity index (χ3v) is 4.34. The van der Waals surface area contributed by atoms with Gasteiger partial charge in [-0.05, 0) is 18.8 Å². The van der Waals surface area contributed by atoms with E-state index in [2.05, 4.69) is 0 Å². The highest BCUT2D eigenvalue weighted by Gasteiger charge is 2.32. The van der Waals surface area contributed by atoms with E-state index in [1.54, 1.807) is 33.5 Å². The number of halogens is 1. The quantitative estimate of drug-likeness (QED) is 0.838. The number of methoxy groups -OCH3 is 3. The van der Waals surface area contributed by atoms with Gasteiger partial charge in [-0.3, -0.25) is 0 Å². The van der Waals surface area contributed by atoms with Crippen molar-refractivity contribution in [2.24, 2.45) is 11.7 Å². The summed E-state index contributed by atoms with van der Waals surface area (Å²) in [7, 11) is 4.74. The van der Waals surface area contributed by atoms with Crippen molar-refractivity contribution < 1.29 is 19.3 Å². The molecule has 22 heavy (non-hydrogen) atoms. The first-order chi connectivity index (χ1) is 10.1. The van der Waals surface area contributed by atoms with Gasteiger partial charge in [0.2, 0.25) is 0 Å². The van der Waals surface area contributed by atoms with Crippen LogP contribution in [0.2, 0.25) is 0 Å². The SMILES string of the molecule is COc1cc(OC)c([C@@H](N)[C@@H](O)C2CCCC2)c(OC)c1.Cl. The van der Waals surface area contributed by atoms with Gasteiger partial charge in [-0.2, -0.15) is 0 Å². The monoisotopic (exact) mass is 331 g/mol. The van der Waals surface area contributed by atoms with E-state index in [0.717, 1.165) is 25.7 Å². The van der Waals surface area contributed by atoms with Crippen LogP contribution in [0.5, 0.6) is 17.2 Å². The standard InChI is InChI=1S/C16H25NO4.ClH/c1-19-11-8-12(20-2)14(13(9-11)21-3)15(17)16(18)10-6-4-5-7-10;/h8-10,15-16,18H,4-7,17H2,1-3H3;1H/t15-,16+;/m1./s1. The number of ether oxygens (including phenoxy) is 3. The molecule has 0 spiro atoms. The Hall–Kier alpha value is -1.17. The Bertz CT molecular complexity index is 452. The smallest absolute Gasteiger partial charge is 0.131 e. The Morgan fingerprint density at radius 3 is 1.95 bits per heavy atom. The van der Waals surface area contributed by atoms with Crippen LogP contribution in [-0.2, 0) is 0 Å². The number of aliphatic hydroxyl groups is 1. The minimum Gasteiger partial charge on any atom is -0.496 e. The molecule has 0 bridgehead atoms. The van der Waals surface area contributed by atoms with Crippen molar-refractivity contribution in [3.05, 3.63) is 17.7 Å². The van der Waals surface area contributed by atoms with E-state index in [0.29, 0.717) is 22.8 Å². The first kappa shape index (κ1) is 18.9. The molecule has 0 heterocycles. The number of rotatable bonds is 6. The zero-order valence-corrected chi connectivity index (χ0v) is 14.2. The van der Waals surface area contributed by atoms with Crippen LogP contribution in [-0.4, -0.2) is 32.5 Å². The molecule has 126 valence electrons. The number of hydrogen-bond donors (Lipinski definition) is 2. The third-order valence-electron chi connectivity index (χ3n) is 4.34. The summed E-state index contributed by atoms with van der Waals surface area (Å²) in [6.45, 7) is 0. The molecule has 3 N–H and O–H groups in total. The van der Waals surface area contributed by atoms with Crippen LogP contribution in [0.15, 0.2) is 12.1 Å². The fraction of sp³-hybridized carbons (Fsp3) is 0.625. The van der Waals surface area contributed by atoms with Crippen LogP contribution in [0.25, 0.3) is 0 Å². The summed E-state index contributed by atoms with van der Waals surface area (Å²) in [5.74, 6) is 2.04. The van der Waals surface area contributed by atoms with Crippen LogP contribution < -0.4 is 19.9 Å². The Labute approximate surface area is 138 Å². The predicted molar refractivity (Wildman–Crippen MR) is 88.2 cm³/mol. The Kier molecular flexibility index (Phi) is 7.26. The summed E-state index contributed by atoms with van der Waals surface area (Å²) >= 11 is 0. The molecule has 1 saturated carbocycles. The molecule has 5 nitrogen and oxygen atoms in total. The lowest BCUT2D eigenvalue weighted by Crippen LogP contribution is -2.32. The first-order valence-electron chi connectivity index (χ1n) is 7.36. The molecule has 0 amide bonds. The van der Waals surface area contributed by atoms with Crippen LogP contribution in [0, 0.1) is 5.92 Å². The Morgan fingerprint density at radius 1 is 1.05 bits per heavy atom. The summed E-state index contributed by atoms with van der Waals surface area (Å²) in [5.41, 5.74) is 7.01. The fourth-order valence-corrected chi connectivity index (χ4v) is 3.12. The molecule has 0 aromatic heterocycles. The second kappa shape index (κ2) is 8.46. The van der Waals surface area contributed by atoms with Crippen molar-refractivity contribution in [1.29, 1.82) is 0 Å². The molecule has 1 fully saturated rings. The minimum absolute atomic E-state index is 0. The Balaban J connectivity index is 0.00000242. The van der Waals surface area contributed by atoms with Gasteiger partial charge in [0.05, 0.1) is 39.0 Å². The van der Waals surface area contributed by atoms with Crippen molar-refractivity contribution in [2.75, 3.05) is 21.3 Å². The van der Waals surface area contributed by atoms with Gasteiger partial charge in [0, 0.05) is 12.1 Å². The van der Waals surface area contributed by atoms with Crippen LogP contribution in [0.1, 0.15) is 37.3 Å². The molecule has 0 saturated heterocycles. The summed E-state index contributed by atoms with van der Waals surface area (Å²) in [4.78, 5) is 0. The largest absolute Gasteiger partial charge is 0.496 e. The third kappa shape index (κ3) is 3.77. The van der Waals surface area contributed by atoms with Gasteiger partial charge in [-0.25, -0.2) is 0 Å².